The van der Waals surface area contributed by atoms with Gasteiger partial charge in [0, 0.05) is 5.69 Å². The Hall–Kier alpha value is -1.84. The summed E-state index contributed by atoms with van der Waals surface area (Å²) < 4.78 is 4.64. The first-order valence-electron chi connectivity index (χ1n) is 4.64. The number of amides is 1. The van der Waals surface area contributed by atoms with Crippen molar-refractivity contribution in [3.8, 4) is 0 Å². The maximum atomic E-state index is 11.3. The van der Waals surface area contributed by atoms with Gasteiger partial charge in [-0.05, 0) is 25.1 Å². The Balaban J connectivity index is 2.40. The van der Waals surface area contributed by atoms with E-state index in [9.17, 15) is 9.59 Å². The van der Waals surface area contributed by atoms with Crippen molar-refractivity contribution >= 4 is 17.6 Å². The van der Waals surface area contributed by atoms with Crippen molar-refractivity contribution in [2.24, 2.45) is 0 Å². The summed E-state index contributed by atoms with van der Waals surface area (Å²) in [6.45, 7) is 1.98. The molecule has 0 spiro atoms. The van der Waals surface area contributed by atoms with Crippen LogP contribution in [0.1, 0.15) is 13.3 Å². The maximum Gasteiger partial charge on any atom is 0.315 e. The molecule has 1 radical (unpaired) electrons. The van der Waals surface area contributed by atoms with Crippen LogP contribution < -0.4 is 5.32 Å². The molecular formula is C11H12NO3. The molecule has 1 N–H and O–H groups in total. The van der Waals surface area contributed by atoms with Crippen LogP contribution in [0, 0.1) is 6.07 Å². The molecule has 1 aromatic rings. The largest absolute Gasteiger partial charge is 0.466 e. The lowest BCUT2D eigenvalue weighted by Crippen LogP contribution is -2.18. The monoisotopic (exact) mass is 206 g/mol. The molecule has 0 aromatic heterocycles. The van der Waals surface area contributed by atoms with E-state index in [1.54, 1.807) is 31.2 Å². The molecule has 0 bridgehead atoms. The molecule has 0 unspecified atom stereocenters. The summed E-state index contributed by atoms with van der Waals surface area (Å²) in [6.07, 6.45) is -0.257. The second kappa shape index (κ2) is 5.80. The molecule has 15 heavy (non-hydrogen) atoms. The Labute approximate surface area is 88.2 Å². The minimum absolute atomic E-state index is 0.257. The Morgan fingerprint density at radius 2 is 2.07 bits per heavy atom. The van der Waals surface area contributed by atoms with E-state index in [0.717, 1.165) is 0 Å². The van der Waals surface area contributed by atoms with Crippen LogP contribution in [-0.2, 0) is 14.3 Å². The van der Waals surface area contributed by atoms with Crippen molar-refractivity contribution in [2.45, 2.75) is 13.3 Å². The standard InChI is InChI=1S/C11H12NO3/c1-2-15-11(14)8-10(13)12-9-6-4-3-5-7-9/h4-7H,2,8H2,1H3,(H,12,13). The first-order valence-corrected chi connectivity index (χ1v) is 4.64. The van der Waals surface area contributed by atoms with Gasteiger partial charge >= 0.3 is 5.97 Å². The molecule has 4 nitrogen and oxygen atoms in total. The highest BCUT2D eigenvalue weighted by atomic mass is 16.5. The fourth-order valence-corrected chi connectivity index (χ4v) is 1.02. The van der Waals surface area contributed by atoms with Crippen LogP contribution in [0.3, 0.4) is 0 Å². The third-order valence-corrected chi connectivity index (χ3v) is 1.61. The minimum Gasteiger partial charge on any atom is -0.466 e. The summed E-state index contributed by atoms with van der Waals surface area (Å²) >= 11 is 0. The van der Waals surface area contributed by atoms with E-state index in [2.05, 4.69) is 16.1 Å². The molecule has 79 valence electrons. The molecule has 0 aliphatic heterocycles. The molecular weight excluding hydrogens is 194 g/mol. The van der Waals surface area contributed by atoms with E-state index < -0.39 is 5.97 Å². The Bertz CT molecular complexity index is 335. The minimum atomic E-state index is -0.516. The fraction of sp³-hybridized carbons (Fsp3) is 0.273. The maximum absolute atomic E-state index is 11.3. The summed E-state index contributed by atoms with van der Waals surface area (Å²) in [4.78, 5) is 22.2. The van der Waals surface area contributed by atoms with Gasteiger partial charge in [-0.1, -0.05) is 12.1 Å². The van der Waals surface area contributed by atoms with Crippen LogP contribution in [0.2, 0.25) is 0 Å². The van der Waals surface area contributed by atoms with Crippen molar-refractivity contribution in [1.82, 2.24) is 0 Å². The van der Waals surface area contributed by atoms with Crippen LogP contribution in [-0.4, -0.2) is 18.5 Å². The molecule has 1 amide bonds. The number of carbonyl (C=O) groups excluding carboxylic acids is 2. The van der Waals surface area contributed by atoms with Gasteiger partial charge < -0.3 is 10.1 Å². The lowest BCUT2D eigenvalue weighted by Gasteiger charge is -2.04. The number of esters is 1. The van der Waals surface area contributed by atoms with Crippen LogP contribution in [0.4, 0.5) is 5.69 Å². The summed E-state index contributed by atoms with van der Waals surface area (Å²) in [5.41, 5.74) is 0.642. The number of carbonyl (C=O) groups is 2. The first kappa shape index (κ1) is 11.2. The number of hydrogen-bond donors (Lipinski definition) is 1. The van der Waals surface area contributed by atoms with Gasteiger partial charge in [-0.25, -0.2) is 0 Å². The molecule has 0 saturated carbocycles. The second-order valence-electron chi connectivity index (χ2n) is 2.82. The SMILES string of the molecule is CCOC(=O)CC(=O)Nc1cc[c]cc1. The summed E-state index contributed by atoms with van der Waals surface area (Å²) in [5, 5.41) is 2.57. The highest BCUT2D eigenvalue weighted by molar-refractivity contribution is 6.01. The second-order valence-corrected chi connectivity index (χ2v) is 2.82. The fourth-order valence-electron chi connectivity index (χ4n) is 1.02. The summed E-state index contributed by atoms with van der Waals surface area (Å²) in [7, 11) is 0. The Morgan fingerprint density at radius 3 is 2.67 bits per heavy atom. The highest BCUT2D eigenvalue weighted by Gasteiger charge is 2.09. The zero-order valence-corrected chi connectivity index (χ0v) is 8.45. The van der Waals surface area contributed by atoms with E-state index in [4.69, 9.17) is 0 Å². The third-order valence-electron chi connectivity index (χ3n) is 1.61. The van der Waals surface area contributed by atoms with Crippen molar-refractivity contribution in [3.05, 3.63) is 30.3 Å². The first-order chi connectivity index (χ1) is 7.22. The summed E-state index contributed by atoms with van der Waals surface area (Å²) in [6, 6.07) is 9.58. The molecule has 0 aliphatic rings. The number of ether oxygens (including phenoxy) is 1. The molecule has 1 rings (SSSR count). The van der Waals surface area contributed by atoms with Crippen molar-refractivity contribution in [1.29, 1.82) is 0 Å². The van der Waals surface area contributed by atoms with Gasteiger partial charge in [0.2, 0.25) is 5.91 Å². The smallest absolute Gasteiger partial charge is 0.315 e. The van der Waals surface area contributed by atoms with Crippen molar-refractivity contribution in [3.63, 3.8) is 0 Å². The molecule has 0 heterocycles. The lowest BCUT2D eigenvalue weighted by atomic mass is 10.3. The van der Waals surface area contributed by atoms with Gasteiger partial charge in [-0.3, -0.25) is 9.59 Å². The number of hydrogen-bond acceptors (Lipinski definition) is 3. The van der Waals surface area contributed by atoms with E-state index in [-0.39, 0.29) is 18.9 Å². The van der Waals surface area contributed by atoms with E-state index >= 15 is 0 Å². The van der Waals surface area contributed by atoms with Crippen molar-refractivity contribution in [2.75, 3.05) is 11.9 Å². The molecule has 1 aromatic carbocycles. The number of nitrogens with one attached hydrogen (secondary N) is 1. The van der Waals surface area contributed by atoms with Gasteiger partial charge in [0.05, 0.1) is 6.61 Å². The number of anilines is 1. The molecule has 0 atom stereocenters. The van der Waals surface area contributed by atoms with Crippen LogP contribution in [0.15, 0.2) is 24.3 Å². The average Bonchev–Trinajstić information content (AvgIpc) is 2.19. The number of benzene rings is 1. The quantitative estimate of drug-likeness (QED) is 0.598. The van der Waals surface area contributed by atoms with Crippen LogP contribution in [0.25, 0.3) is 0 Å². The number of rotatable bonds is 4. The predicted molar refractivity (Wildman–Crippen MR) is 55.2 cm³/mol. The van der Waals surface area contributed by atoms with Gasteiger partial charge in [-0.15, -0.1) is 0 Å². The predicted octanol–water partition coefficient (Wildman–Crippen LogP) is 1.38. The normalized spacial score (nSPS) is 9.40. The van der Waals surface area contributed by atoms with Gasteiger partial charge in [0.15, 0.2) is 0 Å². The topological polar surface area (TPSA) is 55.4 Å². The van der Waals surface area contributed by atoms with E-state index in [0.29, 0.717) is 5.69 Å². The molecule has 0 saturated heterocycles. The Morgan fingerprint density at radius 1 is 1.40 bits per heavy atom. The van der Waals surface area contributed by atoms with Crippen LogP contribution in [0.5, 0.6) is 0 Å². The van der Waals surface area contributed by atoms with Gasteiger partial charge in [0.1, 0.15) is 6.42 Å². The van der Waals surface area contributed by atoms with E-state index in [1.165, 1.54) is 0 Å². The zero-order valence-electron chi connectivity index (χ0n) is 8.45. The van der Waals surface area contributed by atoms with Crippen molar-refractivity contribution < 1.29 is 14.3 Å². The Kier molecular flexibility index (Phi) is 4.34. The molecule has 0 fully saturated rings. The highest BCUT2D eigenvalue weighted by Crippen LogP contribution is 2.05. The average molecular weight is 206 g/mol. The van der Waals surface area contributed by atoms with Gasteiger partial charge in [0.25, 0.3) is 0 Å². The summed E-state index contributed by atoms with van der Waals surface area (Å²) in [5.74, 6) is -0.892. The van der Waals surface area contributed by atoms with E-state index in [1.807, 2.05) is 0 Å². The molecule has 4 heteroatoms. The lowest BCUT2D eigenvalue weighted by molar-refractivity contribution is -0.145. The van der Waals surface area contributed by atoms with Gasteiger partial charge in [-0.2, -0.15) is 0 Å². The van der Waals surface area contributed by atoms with Crippen LogP contribution >= 0.6 is 0 Å². The third kappa shape index (κ3) is 4.26. The zero-order chi connectivity index (χ0) is 11.1. The molecule has 0 aliphatic carbocycles.